The molecule has 0 radical (unpaired) electrons. The zero-order valence-electron chi connectivity index (χ0n) is 14.5. The molecule has 1 aromatic carbocycles. The molecule has 152 valence electrons. The van der Waals surface area contributed by atoms with Gasteiger partial charge in [-0.05, 0) is 26.8 Å². The largest absolute Gasteiger partial charge is 0.491 e. The number of halogens is 5. The molecule has 0 aliphatic carbocycles. The van der Waals surface area contributed by atoms with Crippen LogP contribution < -0.4 is 10.1 Å². The van der Waals surface area contributed by atoms with Gasteiger partial charge in [-0.25, -0.2) is 4.79 Å². The molecule has 1 aromatic rings. The van der Waals surface area contributed by atoms with Crippen molar-refractivity contribution in [3.8, 4) is 5.75 Å². The molecular weight excluding hydrogens is 383 g/mol. The van der Waals surface area contributed by atoms with Crippen molar-refractivity contribution in [2.45, 2.75) is 38.5 Å². The molecule has 0 atom stereocenters. The van der Waals surface area contributed by atoms with E-state index >= 15 is 0 Å². The lowest BCUT2D eigenvalue weighted by Crippen LogP contribution is -2.35. The van der Waals surface area contributed by atoms with Crippen molar-refractivity contribution in [1.29, 1.82) is 0 Å². The average Bonchev–Trinajstić information content (AvgIpc) is 2.48. The highest BCUT2D eigenvalue weighted by Gasteiger charge is 2.60. The minimum Gasteiger partial charge on any atom is -0.491 e. The van der Waals surface area contributed by atoms with Crippen molar-refractivity contribution in [2.24, 2.45) is 0 Å². The van der Waals surface area contributed by atoms with Crippen LogP contribution in [0.3, 0.4) is 0 Å². The number of alkyl carbamates (subject to hydrolysis) is 1. The van der Waals surface area contributed by atoms with Crippen LogP contribution in [0.2, 0.25) is 0 Å². The van der Waals surface area contributed by atoms with E-state index in [1.165, 1.54) is 0 Å². The van der Waals surface area contributed by atoms with Crippen LogP contribution >= 0.6 is 0 Å². The second-order valence-corrected chi connectivity index (χ2v) is 6.29. The fourth-order valence-electron chi connectivity index (χ4n) is 1.78. The number of carbonyl (C=O) groups excluding carboxylic acids is 1. The predicted octanol–water partition coefficient (Wildman–Crippen LogP) is 4.15. The van der Waals surface area contributed by atoms with E-state index < -0.39 is 52.3 Å². The van der Waals surface area contributed by atoms with Crippen LogP contribution in [0, 0.1) is 10.1 Å². The molecule has 1 N–H and O–H groups in total. The summed E-state index contributed by atoms with van der Waals surface area (Å²) in [6, 6.07) is 1.26. The lowest BCUT2D eigenvalue weighted by Gasteiger charge is -2.22. The van der Waals surface area contributed by atoms with Gasteiger partial charge in [0.05, 0.1) is 23.1 Å². The summed E-state index contributed by atoms with van der Waals surface area (Å²) in [5.41, 5.74) is -3.10. The van der Waals surface area contributed by atoms with E-state index in [1.807, 2.05) is 0 Å². The smallest absolute Gasteiger partial charge is 0.458 e. The first-order valence-electron chi connectivity index (χ1n) is 7.48. The maximum atomic E-state index is 13.6. The maximum Gasteiger partial charge on any atom is 0.458 e. The van der Waals surface area contributed by atoms with Gasteiger partial charge in [-0.15, -0.1) is 0 Å². The Morgan fingerprint density at radius 3 is 2.26 bits per heavy atom. The highest BCUT2D eigenvalue weighted by molar-refractivity contribution is 5.67. The van der Waals surface area contributed by atoms with Gasteiger partial charge < -0.3 is 14.8 Å². The Kier molecular flexibility index (Phi) is 6.57. The van der Waals surface area contributed by atoms with Gasteiger partial charge in [0.1, 0.15) is 18.0 Å². The van der Waals surface area contributed by atoms with Crippen molar-refractivity contribution in [3.05, 3.63) is 33.9 Å². The number of nitrogens with zero attached hydrogens (tertiary/aromatic N) is 1. The third-order valence-electron chi connectivity index (χ3n) is 2.90. The Morgan fingerprint density at radius 2 is 1.78 bits per heavy atom. The van der Waals surface area contributed by atoms with Crippen LogP contribution in [0.5, 0.6) is 5.75 Å². The highest BCUT2D eigenvalue weighted by atomic mass is 19.4. The summed E-state index contributed by atoms with van der Waals surface area (Å²) in [6.45, 7) is 3.96. The number of amides is 1. The van der Waals surface area contributed by atoms with Gasteiger partial charge in [0.15, 0.2) is 0 Å². The Morgan fingerprint density at radius 1 is 1.19 bits per heavy atom. The van der Waals surface area contributed by atoms with Crippen LogP contribution in [0.15, 0.2) is 18.2 Å². The third kappa shape index (κ3) is 6.22. The molecule has 12 heteroatoms. The first-order valence-corrected chi connectivity index (χ1v) is 7.48. The summed E-state index contributed by atoms with van der Waals surface area (Å²) in [6.07, 6.45) is -6.78. The molecule has 0 heterocycles. The fourth-order valence-corrected chi connectivity index (χ4v) is 1.78. The van der Waals surface area contributed by atoms with Crippen LogP contribution in [0.4, 0.5) is 32.4 Å². The lowest BCUT2D eigenvalue weighted by atomic mass is 10.1. The van der Waals surface area contributed by atoms with Crippen molar-refractivity contribution < 1.29 is 41.1 Å². The molecule has 27 heavy (non-hydrogen) atoms. The first kappa shape index (κ1) is 22.4. The molecule has 0 aliphatic rings. The Balaban J connectivity index is 2.93. The summed E-state index contributed by atoms with van der Waals surface area (Å²) >= 11 is 0. The molecule has 0 aromatic heterocycles. The number of ether oxygens (including phenoxy) is 2. The Bertz CT molecular complexity index is 701. The number of rotatable bonds is 6. The van der Waals surface area contributed by atoms with E-state index in [-0.39, 0.29) is 12.6 Å². The number of nitro groups is 1. The Labute approximate surface area is 150 Å². The average molecular weight is 400 g/mol. The molecule has 1 rings (SSSR count). The van der Waals surface area contributed by atoms with Gasteiger partial charge in [0.2, 0.25) is 0 Å². The number of nitrogens with one attached hydrogen (secondary N) is 1. The fraction of sp³-hybridized carbons (Fsp3) is 0.533. The second-order valence-electron chi connectivity index (χ2n) is 6.29. The van der Waals surface area contributed by atoms with E-state index in [1.54, 1.807) is 20.8 Å². The van der Waals surface area contributed by atoms with E-state index in [9.17, 15) is 36.9 Å². The topological polar surface area (TPSA) is 90.7 Å². The van der Waals surface area contributed by atoms with Crippen LogP contribution in [-0.4, -0.2) is 35.9 Å². The molecule has 0 saturated heterocycles. The van der Waals surface area contributed by atoms with Gasteiger partial charge in [0, 0.05) is 6.07 Å². The number of benzene rings is 1. The van der Waals surface area contributed by atoms with Gasteiger partial charge in [-0.2, -0.15) is 22.0 Å². The first-order chi connectivity index (χ1) is 12.1. The van der Waals surface area contributed by atoms with Gasteiger partial charge in [-0.1, -0.05) is 0 Å². The summed E-state index contributed by atoms with van der Waals surface area (Å²) in [5, 5.41) is 12.9. The van der Waals surface area contributed by atoms with Crippen LogP contribution in [-0.2, 0) is 10.7 Å². The second kappa shape index (κ2) is 7.92. The van der Waals surface area contributed by atoms with E-state index in [4.69, 9.17) is 9.47 Å². The van der Waals surface area contributed by atoms with Crippen molar-refractivity contribution in [1.82, 2.24) is 5.32 Å². The van der Waals surface area contributed by atoms with Crippen molar-refractivity contribution in [2.75, 3.05) is 13.2 Å². The predicted molar refractivity (Wildman–Crippen MR) is 82.8 cm³/mol. The third-order valence-corrected chi connectivity index (χ3v) is 2.90. The molecule has 1 amide bonds. The maximum absolute atomic E-state index is 13.6. The molecule has 0 bridgehead atoms. The minimum atomic E-state index is -5.92. The molecular formula is C15H17F5N2O5. The molecule has 0 spiro atoms. The van der Waals surface area contributed by atoms with Crippen molar-refractivity contribution >= 4 is 11.8 Å². The van der Waals surface area contributed by atoms with Gasteiger partial charge >= 0.3 is 18.2 Å². The molecule has 0 saturated carbocycles. The van der Waals surface area contributed by atoms with Gasteiger partial charge in [0.25, 0.3) is 5.69 Å². The zero-order valence-corrected chi connectivity index (χ0v) is 14.5. The van der Waals surface area contributed by atoms with E-state index in [0.717, 1.165) is 0 Å². The summed E-state index contributed by atoms with van der Waals surface area (Å²) in [5.74, 6) is -6.30. The molecule has 0 unspecified atom stereocenters. The number of nitro benzene ring substituents is 1. The highest BCUT2D eigenvalue weighted by Crippen LogP contribution is 2.47. The molecule has 0 fully saturated rings. The Hall–Kier alpha value is -2.66. The van der Waals surface area contributed by atoms with E-state index in [0.29, 0.717) is 12.1 Å². The monoisotopic (exact) mass is 400 g/mol. The SMILES string of the molecule is CC(C)(C)OC(=O)NCCOc1cc([N+](=O)[O-])ccc1C(F)(F)C(F)(F)F. The standard InChI is InChI=1S/C15H17F5N2O5/c1-13(2,3)27-12(23)21-6-7-26-11-8-9(22(24)25)4-5-10(11)14(16,17)15(18,19)20/h4-5,8H,6-7H2,1-3H3,(H,21,23). The van der Waals surface area contributed by atoms with E-state index in [2.05, 4.69) is 5.32 Å². The minimum absolute atomic E-state index is 0.280. The number of carbonyl (C=O) groups is 1. The summed E-state index contributed by atoms with van der Waals surface area (Å²) < 4.78 is 74.8. The number of hydrogen-bond donors (Lipinski definition) is 1. The number of alkyl halides is 5. The zero-order chi connectivity index (χ0) is 21.0. The van der Waals surface area contributed by atoms with Crippen LogP contribution in [0.25, 0.3) is 0 Å². The quantitative estimate of drug-likeness (QED) is 0.335. The number of non-ortho nitro benzene ring substituents is 1. The van der Waals surface area contributed by atoms with Crippen LogP contribution in [0.1, 0.15) is 26.3 Å². The van der Waals surface area contributed by atoms with Gasteiger partial charge in [-0.3, -0.25) is 10.1 Å². The molecule has 0 aliphatic heterocycles. The normalized spacial score (nSPS) is 12.4. The number of hydrogen-bond acceptors (Lipinski definition) is 5. The summed E-state index contributed by atoms with van der Waals surface area (Å²) in [4.78, 5) is 21.2. The lowest BCUT2D eigenvalue weighted by molar-refractivity contribution is -0.385. The molecule has 7 nitrogen and oxygen atoms in total. The summed E-state index contributed by atoms with van der Waals surface area (Å²) in [7, 11) is 0. The van der Waals surface area contributed by atoms with Crippen molar-refractivity contribution in [3.63, 3.8) is 0 Å².